The van der Waals surface area contributed by atoms with Gasteiger partial charge in [-0.1, -0.05) is 19.4 Å². The van der Waals surface area contributed by atoms with Crippen molar-refractivity contribution in [3.8, 4) is 11.5 Å². The van der Waals surface area contributed by atoms with Crippen LogP contribution in [0.5, 0.6) is 11.5 Å². The highest BCUT2D eigenvalue weighted by atomic mass is 16.6. The summed E-state index contributed by atoms with van der Waals surface area (Å²) in [6.07, 6.45) is 3.45. The number of rotatable bonds is 11. The summed E-state index contributed by atoms with van der Waals surface area (Å²) in [7, 11) is 2.00. The summed E-state index contributed by atoms with van der Waals surface area (Å²) in [6, 6.07) is 3.32. The molecule has 2 heterocycles. The van der Waals surface area contributed by atoms with Gasteiger partial charge in [-0.25, -0.2) is 4.79 Å². The van der Waals surface area contributed by atoms with Crippen molar-refractivity contribution in [2.45, 2.75) is 88.1 Å². The van der Waals surface area contributed by atoms with Crippen LogP contribution in [0.3, 0.4) is 0 Å². The van der Waals surface area contributed by atoms with Crippen molar-refractivity contribution in [2.24, 2.45) is 11.7 Å². The standard InChI is InChI=1S/C30H41N3O8/c1-17(6-4-5-13-31)27(36)32-14-10-23(35)39-18(2)28(37)40-21-9-11-30(38)22-16-19-7-8-20(34)25-24(19)29(30,26(21)41-25)12-15-33(22)3/h7-9,17-18,22,26,34,38H,4-6,10-16,31H2,1-3H3,(H,32,36)/t17-,18-,22+,26-,29-,30+/m0/s1. The van der Waals surface area contributed by atoms with Crippen LogP contribution in [0.1, 0.15) is 63.5 Å². The summed E-state index contributed by atoms with van der Waals surface area (Å²) in [5, 5.41) is 25.5. The number of likely N-dealkylation sites (N-methyl/N-ethyl adjacent to an activating group) is 1. The molecule has 2 aliphatic heterocycles. The highest BCUT2D eigenvalue weighted by Crippen LogP contribution is 2.65. The molecular formula is C30H41N3O8. The number of nitrogens with one attached hydrogen (secondary N) is 1. The minimum atomic E-state index is -1.20. The van der Waals surface area contributed by atoms with Gasteiger partial charge in [0.1, 0.15) is 5.76 Å². The second-order valence-corrected chi connectivity index (χ2v) is 11.9. The highest BCUT2D eigenvalue weighted by Gasteiger charge is 2.72. The zero-order chi connectivity index (χ0) is 29.5. The Kier molecular flexibility index (Phi) is 8.06. The van der Waals surface area contributed by atoms with Crippen LogP contribution in [0, 0.1) is 5.92 Å². The predicted molar refractivity (Wildman–Crippen MR) is 148 cm³/mol. The fourth-order valence-electron chi connectivity index (χ4n) is 7.13. The van der Waals surface area contributed by atoms with Gasteiger partial charge >= 0.3 is 11.9 Å². The molecule has 1 fully saturated rings. The number of hydrogen-bond donors (Lipinski definition) is 4. The first kappa shape index (κ1) is 29.3. The third kappa shape index (κ3) is 4.87. The lowest BCUT2D eigenvalue weighted by atomic mass is 9.50. The molecule has 224 valence electrons. The van der Waals surface area contributed by atoms with E-state index in [1.165, 1.54) is 6.92 Å². The van der Waals surface area contributed by atoms with Gasteiger partial charge in [0.2, 0.25) is 5.91 Å². The Morgan fingerprint density at radius 1 is 1.27 bits per heavy atom. The first-order valence-electron chi connectivity index (χ1n) is 14.6. The number of benzene rings is 1. The Labute approximate surface area is 240 Å². The molecule has 11 nitrogen and oxygen atoms in total. The number of nitrogens with two attached hydrogens (primary N) is 1. The molecule has 0 unspecified atom stereocenters. The van der Waals surface area contributed by atoms with E-state index in [1.54, 1.807) is 12.1 Å². The van der Waals surface area contributed by atoms with E-state index in [0.717, 1.165) is 30.4 Å². The van der Waals surface area contributed by atoms with Gasteiger partial charge in [0.25, 0.3) is 0 Å². The van der Waals surface area contributed by atoms with Crippen molar-refractivity contribution < 1.29 is 38.8 Å². The molecule has 2 bridgehead atoms. The molecule has 5 rings (SSSR count). The Bertz CT molecular complexity index is 1250. The second kappa shape index (κ2) is 11.3. The molecule has 1 amide bonds. The largest absolute Gasteiger partial charge is 0.504 e. The van der Waals surface area contributed by atoms with Gasteiger partial charge in [-0.05, 0) is 70.5 Å². The molecule has 1 spiro atoms. The Morgan fingerprint density at radius 3 is 2.80 bits per heavy atom. The summed E-state index contributed by atoms with van der Waals surface area (Å²) in [4.78, 5) is 39.8. The quantitative estimate of drug-likeness (QED) is 0.226. The predicted octanol–water partition coefficient (Wildman–Crippen LogP) is 1.42. The fourth-order valence-corrected chi connectivity index (χ4v) is 7.13. The lowest BCUT2D eigenvalue weighted by molar-refractivity contribution is -0.175. The molecule has 0 radical (unpaired) electrons. The molecule has 11 heteroatoms. The van der Waals surface area contributed by atoms with Gasteiger partial charge in [0.15, 0.2) is 23.7 Å². The molecule has 41 heavy (non-hydrogen) atoms. The molecule has 4 aliphatic rings. The number of amides is 1. The number of phenols is 1. The summed E-state index contributed by atoms with van der Waals surface area (Å²) in [6.45, 7) is 4.65. The smallest absolute Gasteiger partial charge is 0.352 e. The van der Waals surface area contributed by atoms with Gasteiger partial charge in [-0.3, -0.25) is 9.59 Å². The molecular weight excluding hydrogens is 530 g/mol. The number of aliphatic hydroxyl groups is 1. The summed E-state index contributed by atoms with van der Waals surface area (Å²) < 4.78 is 17.3. The topological polar surface area (TPSA) is 161 Å². The minimum absolute atomic E-state index is 0.0164. The lowest BCUT2D eigenvalue weighted by Crippen LogP contribution is -2.74. The zero-order valence-electron chi connectivity index (χ0n) is 24.0. The second-order valence-electron chi connectivity index (χ2n) is 11.9. The summed E-state index contributed by atoms with van der Waals surface area (Å²) in [5.74, 6) is -1.18. The monoisotopic (exact) mass is 571 g/mol. The molecule has 1 saturated heterocycles. The fraction of sp³-hybridized carbons (Fsp3) is 0.633. The first-order valence-corrected chi connectivity index (χ1v) is 14.6. The maximum atomic E-state index is 13.0. The van der Waals surface area contributed by atoms with Crippen molar-refractivity contribution >= 4 is 17.8 Å². The van der Waals surface area contributed by atoms with E-state index in [4.69, 9.17) is 19.9 Å². The molecule has 0 saturated carbocycles. The van der Waals surface area contributed by atoms with Crippen LogP contribution < -0.4 is 15.8 Å². The lowest BCUT2D eigenvalue weighted by Gasteiger charge is -2.61. The third-order valence-corrected chi connectivity index (χ3v) is 9.38. The molecule has 1 aromatic rings. The van der Waals surface area contributed by atoms with Crippen LogP contribution in [-0.2, 0) is 35.7 Å². The van der Waals surface area contributed by atoms with Crippen molar-refractivity contribution in [3.63, 3.8) is 0 Å². The van der Waals surface area contributed by atoms with Gasteiger partial charge < -0.3 is 40.4 Å². The third-order valence-electron chi connectivity index (χ3n) is 9.38. The van der Waals surface area contributed by atoms with Gasteiger partial charge in [-0.2, -0.15) is 0 Å². The van der Waals surface area contributed by atoms with Gasteiger partial charge in [-0.15, -0.1) is 0 Å². The maximum absolute atomic E-state index is 13.0. The van der Waals surface area contributed by atoms with Crippen LogP contribution in [0.25, 0.3) is 0 Å². The van der Waals surface area contributed by atoms with Crippen LogP contribution in [0.4, 0.5) is 0 Å². The Hall–Kier alpha value is -3.15. The first-order chi connectivity index (χ1) is 19.5. The van der Waals surface area contributed by atoms with Crippen molar-refractivity contribution in [1.29, 1.82) is 0 Å². The van der Waals surface area contributed by atoms with Crippen LogP contribution in [0.2, 0.25) is 0 Å². The maximum Gasteiger partial charge on any atom is 0.352 e. The number of aromatic hydroxyl groups is 1. The molecule has 0 aromatic heterocycles. The molecule has 2 aliphatic carbocycles. The van der Waals surface area contributed by atoms with Gasteiger partial charge in [0, 0.05) is 30.5 Å². The van der Waals surface area contributed by atoms with Crippen molar-refractivity contribution in [1.82, 2.24) is 10.2 Å². The van der Waals surface area contributed by atoms with Crippen molar-refractivity contribution in [3.05, 3.63) is 35.1 Å². The molecule has 1 aromatic carbocycles. The van der Waals surface area contributed by atoms with E-state index in [-0.39, 0.29) is 48.8 Å². The van der Waals surface area contributed by atoms with Crippen LogP contribution >= 0.6 is 0 Å². The number of piperidine rings is 1. The van der Waals surface area contributed by atoms with E-state index in [2.05, 4.69) is 10.2 Å². The number of unbranched alkanes of at least 4 members (excludes halogenated alkanes) is 1. The Morgan fingerprint density at radius 2 is 2.05 bits per heavy atom. The van der Waals surface area contributed by atoms with E-state index in [9.17, 15) is 24.6 Å². The highest BCUT2D eigenvalue weighted by molar-refractivity contribution is 5.81. The average Bonchev–Trinajstić information content (AvgIpc) is 3.29. The number of hydrogen-bond acceptors (Lipinski definition) is 10. The number of phenolic OH excluding ortho intramolecular Hbond substituents is 1. The number of esters is 2. The molecule has 5 N–H and O–H groups in total. The minimum Gasteiger partial charge on any atom is -0.504 e. The summed E-state index contributed by atoms with van der Waals surface area (Å²) in [5.41, 5.74) is 5.25. The van der Waals surface area contributed by atoms with E-state index in [0.29, 0.717) is 31.7 Å². The average molecular weight is 572 g/mol. The number of carbonyl (C=O) groups excluding carboxylic acids is 3. The Balaban J connectivity index is 1.22. The van der Waals surface area contributed by atoms with Gasteiger partial charge in [0.05, 0.1) is 17.4 Å². The van der Waals surface area contributed by atoms with E-state index >= 15 is 0 Å². The van der Waals surface area contributed by atoms with E-state index in [1.807, 2.05) is 20.0 Å². The van der Waals surface area contributed by atoms with Crippen LogP contribution in [0.15, 0.2) is 24.0 Å². The normalized spacial score (nSPS) is 29.0. The SMILES string of the molecule is C[C@H](OC(=O)CCNC(=O)[C@@H](C)CCCCN)C(=O)OC1=CC[C@@]2(O)[C@H]3Cc4ccc(O)c5c4[C@@]2(CCN3C)[C@H]1O5. The van der Waals surface area contributed by atoms with E-state index < -0.39 is 35.2 Å². The number of likely N-dealkylation sites (tertiary alicyclic amines) is 1. The molecule has 6 atom stereocenters. The number of ether oxygens (including phenoxy) is 3. The zero-order valence-corrected chi connectivity index (χ0v) is 24.0. The van der Waals surface area contributed by atoms with Crippen molar-refractivity contribution in [2.75, 3.05) is 26.7 Å². The number of nitrogens with zero attached hydrogens (tertiary/aromatic N) is 1. The number of carbonyl (C=O) groups is 3. The summed E-state index contributed by atoms with van der Waals surface area (Å²) >= 11 is 0. The van der Waals surface area contributed by atoms with Crippen LogP contribution in [-0.4, -0.2) is 83.5 Å².